The van der Waals surface area contributed by atoms with Crippen LogP contribution >= 0.6 is 0 Å². The maximum absolute atomic E-state index is 12.6. The van der Waals surface area contributed by atoms with Crippen molar-refractivity contribution in [2.24, 2.45) is 0 Å². The Kier molecular flexibility index (Phi) is 6.64. The minimum atomic E-state index is -0.199. The van der Waals surface area contributed by atoms with Gasteiger partial charge in [-0.2, -0.15) is 0 Å². The maximum atomic E-state index is 12.6. The fourth-order valence-corrected chi connectivity index (χ4v) is 2.98. The van der Waals surface area contributed by atoms with Gasteiger partial charge in [0.25, 0.3) is 0 Å². The SMILES string of the molecule is CC(C)Oc1cccc(/C=C/C(=O)NC(c2ccccc2)c2ccccc2)c1. The van der Waals surface area contributed by atoms with Crippen molar-refractivity contribution < 1.29 is 9.53 Å². The van der Waals surface area contributed by atoms with Crippen LogP contribution in [0, 0.1) is 0 Å². The van der Waals surface area contributed by atoms with E-state index < -0.39 is 0 Å². The van der Waals surface area contributed by atoms with Gasteiger partial charge in [-0.3, -0.25) is 4.79 Å². The summed E-state index contributed by atoms with van der Waals surface area (Å²) in [4.78, 5) is 12.6. The van der Waals surface area contributed by atoms with Crippen LogP contribution in [0.25, 0.3) is 6.08 Å². The number of hydrogen-bond acceptors (Lipinski definition) is 2. The molecule has 0 aliphatic carbocycles. The third-order valence-corrected chi connectivity index (χ3v) is 4.21. The molecule has 0 saturated carbocycles. The van der Waals surface area contributed by atoms with Crippen molar-refractivity contribution in [1.82, 2.24) is 5.32 Å². The van der Waals surface area contributed by atoms with E-state index in [2.05, 4.69) is 5.32 Å². The Bertz CT molecular complexity index is 878. The zero-order valence-electron chi connectivity index (χ0n) is 16.2. The first-order chi connectivity index (χ1) is 13.6. The van der Waals surface area contributed by atoms with Crippen molar-refractivity contribution in [3.63, 3.8) is 0 Å². The van der Waals surface area contributed by atoms with Gasteiger partial charge in [0.05, 0.1) is 12.1 Å². The molecule has 0 aromatic heterocycles. The molecule has 0 heterocycles. The summed E-state index contributed by atoms with van der Waals surface area (Å²) in [5, 5.41) is 3.11. The van der Waals surface area contributed by atoms with Crippen LogP contribution in [0.5, 0.6) is 5.75 Å². The van der Waals surface area contributed by atoms with E-state index in [0.717, 1.165) is 22.4 Å². The average molecular weight is 371 g/mol. The number of carbonyl (C=O) groups is 1. The number of nitrogens with one attached hydrogen (secondary N) is 1. The van der Waals surface area contributed by atoms with E-state index in [1.54, 1.807) is 12.2 Å². The number of carbonyl (C=O) groups excluding carboxylic acids is 1. The van der Waals surface area contributed by atoms with E-state index in [1.165, 1.54) is 0 Å². The Hall–Kier alpha value is -3.33. The molecule has 3 aromatic rings. The molecule has 1 amide bonds. The zero-order chi connectivity index (χ0) is 19.8. The second-order valence-electron chi connectivity index (χ2n) is 6.84. The number of rotatable bonds is 7. The Labute approximate surface area is 166 Å². The number of benzene rings is 3. The quantitative estimate of drug-likeness (QED) is 0.565. The molecule has 3 heteroatoms. The van der Waals surface area contributed by atoms with Gasteiger partial charge in [-0.15, -0.1) is 0 Å². The highest BCUT2D eigenvalue weighted by Crippen LogP contribution is 2.22. The molecule has 0 fully saturated rings. The van der Waals surface area contributed by atoms with Crippen LogP contribution in [0.2, 0.25) is 0 Å². The van der Waals surface area contributed by atoms with E-state index in [0.29, 0.717) is 0 Å². The Morgan fingerprint density at radius 3 is 2.04 bits per heavy atom. The molecule has 3 nitrogen and oxygen atoms in total. The van der Waals surface area contributed by atoms with Gasteiger partial charge in [0, 0.05) is 6.08 Å². The van der Waals surface area contributed by atoms with E-state index in [1.807, 2.05) is 98.8 Å². The molecule has 28 heavy (non-hydrogen) atoms. The van der Waals surface area contributed by atoms with Crippen LogP contribution in [-0.2, 0) is 4.79 Å². The van der Waals surface area contributed by atoms with Crippen molar-refractivity contribution >= 4 is 12.0 Å². The molecule has 0 unspecified atom stereocenters. The fraction of sp³-hybridized carbons (Fsp3) is 0.160. The number of ether oxygens (including phenoxy) is 1. The minimum absolute atomic E-state index is 0.111. The highest BCUT2D eigenvalue weighted by Gasteiger charge is 2.15. The standard InChI is InChI=1S/C25H25NO2/c1-19(2)28-23-15-9-10-20(18-23)16-17-24(27)26-25(21-11-5-3-6-12-21)22-13-7-4-8-14-22/h3-19,25H,1-2H3,(H,26,27)/b17-16+. The van der Waals surface area contributed by atoms with Gasteiger partial charge in [0.15, 0.2) is 0 Å². The van der Waals surface area contributed by atoms with E-state index in [-0.39, 0.29) is 18.1 Å². The lowest BCUT2D eigenvalue weighted by Crippen LogP contribution is -2.27. The molecular formula is C25H25NO2. The molecule has 142 valence electrons. The van der Waals surface area contributed by atoms with Crippen molar-refractivity contribution in [3.05, 3.63) is 108 Å². The van der Waals surface area contributed by atoms with Crippen molar-refractivity contribution in [1.29, 1.82) is 0 Å². The predicted octanol–water partition coefficient (Wildman–Crippen LogP) is 5.39. The largest absolute Gasteiger partial charge is 0.491 e. The minimum Gasteiger partial charge on any atom is -0.491 e. The number of amides is 1. The predicted molar refractivity (Wildman–Crippen MR) is 114 cm³/mol. The molecule has 0 aliphatic heterocycles. The van der Waals surface area contributed by atoms with Crippen LogP contribution < -0.4 is 10.1 Å². The van der Waals surface area contributed by atoms with Crippen LogP contribution in [0.15, 0.2) is 91.0 Å². The monoisotopic (exact) mass is 371 g/mol. The van der Waals surface area contributed by atoms with Gasteiger partial charge in [-0.05, 0) is 48.7 Å². The summed E-state index contributed by atoms with van der Waals surface area (Å²) in [6, 6.07) is 27.5. The molecule has 3 rings (SSSR count). The topological polar surface area (TPSA) is 38.3 Å². The molecule has 0 spiro atoms. The van der Waals surface area contributed by atoms with Crippen LogP contribution in [0.3, 0.4) is 0 Å². The van der Waals surface area contributed by atoms with Gasteiger partial charge in [0.2, 0.25) is 5.91 Å². The zero-order valence-corrected chi connectivity index (χ0v) is 16.2. The molecule has 3 aromatic carbocycles. The highest BCUT2D eigenvalue weighted by atomic mass is 16.5. The van der Waals surface area contributed by atoms with Crippen molar-refractivity contribution in [2.75, 3.05) is 0 Å². The lowest BCUT2D eigenvalue weighted by atomic mass is 9.98. The molecule has 0 atom stereocenters. The summed E-state index contributed by atoms with van der Waals surface area (Å²) in [5.41, 5.74) is 3.01. The summed E-state index contributed by atoms with van der Waals surface area (Å²) in [7, 11) is 0. The van der Waals surface area contributed by atoms with Crippen LogP contribution in [0.4, 0.5) is 0 Å². The van der Waals surface area contributed by atoms with Gasteiger partial charge in [0.1, 0.15) is 5.75 Å². The third-order valence-electron chi connectivity index (χ3n) is 4.21. The van der Waals surface area contributed by atoms with E-state index in [9.17, 15) is 4.79 Å². The second-order valence-corrected chi connectivity index (χ2v) is 6.84. The third kappa shape index (κ3) is 5.58. The smallest absolute Gasteiger partial charge is 0.244 e. The Morgan fingerprint density at radius 2 is 1.46 bits per heavy atom. The first-order valence-electron chi connectivity index (χ1n) is 9.47. The number of hydrogen-bond donors (Lipinski definition) is 1. The molecule has 0 saturated heterocycles. The summed E-state index contributed by atoms with van der Waals surface area (Å²) in [6.45, 7) is 3.98. The lowest BCUT2D eigenvalue weighted by molar-refractivity contribution is -0.116. The Balaban J connectivity index is 1.75. The van der Waals surface area contributed by atoms with Crippen molar-refractivity contribution in [3.8, 4) is 5.75 Å². The summed E-state index contributed by atoms with van der Waals surface area (Å²) in [6.07, 6.45) is 3.48. The fourth-order valence-electron chi connectivity index (χ4n) is 2.98. The van der Waals surface area contributed by atoms with Gasteiger partial charge in [-0.1, -0.05) is 72.8 Å². The second kappa shape index (κ2) is 9.56. The molecule has 0 radical (unpaired) electrons. The first kappa shape index (κ1) is 19.4. The van der Waals surface area contributed by atoms with Gasteiger partial charge < -0.3 is 10.1 Å². The molecular weight excluding hydrogens is 346 g/mol. The molecule has 1 N–H and O–H groups in total. The summed E-state index contributed by atoms with van der Waals surface area (Å²) in [5.74, 6) is 0.650. The highest BCUT2D eigenvalue weighted by molar-refractivity contribution is 5.92. The van der Waals surface area contributed by atoms with Crippen LogP contribution in [-0.4, -0.2) is 12.0 Å². The maximum Gasteiger partial charge on any atom is 0.244 e. The summed E-state index contributed by atoms with van der Waals surface area (Å²) >= 11 is 0. The van der Waals surface area contributed by atoms with E-state index in [4.69, 9.17) is 4.74 Å². The van der Waals surface area contributed by atoms with Gasteiger partial charge in [-0.25, -0.2) is 0 Å². The molecule has 0 aliphatic rings. The average Bonchev–Trinajstić information content (AvgIpc) is 2.71. The lowest BCUT2D eigenvalue weighted by Gasteiger charge is -2.19. The Morgan fingerprint density at radius 1 is 0.857 bits per heavy atom. The molecule has 0 bridgehead atoms. The van der Waals surface area contributed by atoms with E-state index >= 15 is 0 Å². The first-order valence-corrected chi connectivity index (χ1v) is 9.47. The van der Waals surface area contributed by atoms with Crippen molar-refractivity contribution in [2.45, 2.75) is 26.0 Å². The van der Waals surface area contributed by atoms with Gasteiger partial charge >= 0.3 is 0 Å². The summed E-state index contributed by atoms with van der Waals surface area (Å²) < 4.78 is 5.71. The van der Waals surface area contributed by atoms with Crippen LogP contribution in [0.1, 0.15) is 36.6 Å². The normalized spacial score (nSPS) is 11.1.